The van der Waals surface area contributed by atoms with Gasteiger partial charge in [0.1, 0.15) is 11.5 Å². The smallest absolute Gasteiger partial charge is 0.273 e. The van der Waals surface area contributed by atoms with Crippen LogP contribution in [0.15, 0.2) is 18.2 Å². The second-order valence-electron chi connectivity index (χ2n) is 10.5. The van der Waals surface area contributed by atoms with Crippen LogP contribution in [0.2, 0.25) is 0 Å². The van der Waals surface area contributed by atoms with Gasteiger partial charge in [-0.1, -0.05) is 29.3 Å². The molecule has 0 saturated carbocycles. The number of carbonyl (C=O) groups is 2. The van der Waals surface area contributed by atoms with E-state index < -0.39 is 0 Å². The summed E-state index contributed by atoms with van der Waals surface area (Å²) in [4.78, 5) is 43.4. The van der Waals surface area contributed by atoms with Crippen LogP contribution in [0.25, 0.3) is 0 Å². The summed E-state index contributed by atoms with van der Waals surface area (Å²) in [6.45, 7) is 14.1. The topological polar surface area (TPSA) is 72.9 Å². The van der Waals surface area contributed by atoms with Crippen molar-refractivity contribution in [2.45, 2.75) is 66.1 Å². The normalized spacial score (nSPS) is 20.3. The standard InChI is InChI=1S/C27H36N6O2/c1-17(2)33-16-22-24(26(33)35)28-27(31-11-9-30(10-12-31)20(5)34)29-25(22)32-8-6-7-23(32)21-14-18(3)13-19(4)15-21/h13-15,17,23H,6-12,16H2,1-5H3. The van der Waals surface area contributed by atoms with Crippen LogP contribution in [0.1, 0.15) is 72.4 Å². The zero-order valence-corrected chi connectivity index (χ0v) is 21.5. The number of hydrogen-bond donors (Lipinski definition) is 0. The number of rotatable bonds is 4. The number of hydrogen-bond acceptors (Lipinski definition) is 6. The third-order valence-corrected chi connectivity index (χ3v) is 7.55. The van der Waals surface area contributed by atoms with Crippen molar-refractivity contribution in [3.63, 3.8) is 0 Å². The first kappa shape index (κ1) is 23.6. The lowest BCUT2D eigenvalue weighted by Gasteiger charge is -2.35. The Kier molecular flexibility index (Phi) is 6.15. The second-order valence-corrected chi connectivity index (χ2v) is 10.5. The fraction of sp³-hybridized carbons (Fsp3) is 0.556. The van der Waals surface area contributed by atoms with Gasteiger partial charge in [-0.3, -0.25) is 9.59 Å². The van der Waals surface area contributed by atoms with Crippen LogP contribution < -0.4 is 9.80 Å². The maximum atomic E-state index is 13.4. The summed E-state index contributed by atoms with van der Waals surface area (Å²) in [5.41, 5.74) is 5.34. The van der Waals surface area contributed by atoms with Gasteiger partial charge >= 0.3 is 0 Å². The zero-order valence-electron chi connectivity index (χ0n) is 21.5. The molecule has 1 atom stereocenters. The molecule has 0 radical (unpaired) electrons. The third kappa shape index (κ3) is 4.34. The minimum atomic E-state index is -0.00980. The van der Waals surface area contributed by atoms with Gasteiger partial charge in [0.25, 0.3) is 5.91 Å². The molecule has 8 nitrogen and oxygen atoms in total. The summed E-state index contributed by atoms with van der Waals surface area (Å²) in [6.07, 6.45) is 2.15. The van der Waals surface area contributed by atoms with Gasteiger partial charge in [0, 0.05) is 51.3 Å². The minimum absolute atomic E-state index is 0.00980. The number of benzene rings is 1. The lowest BCUT2D eigenvalue weighted by molar-refractivity contribution is -0.129. The van der Waals surface area contributed by atoms with Crippen molar-refractivity contribution in [1.29, 1.82) is 0 Å². The number of piperazine rings is 1. The monoisotopic (exact) mass is 476 g/mol. The number of fused-ring (bicyclic) bond motifs is 1. The maximum Gasteiger partial charge on any atom is 0.273 e. The average Bonchev–Trinajstić information content (AvgIpc) is 3.43. The van der Waals surface area contributed by atoms with Gasteiger partial charge in [0.2, 0.25) is 11.9 Å². The molecular formula is C27H36N6O2. The molecule has 2 saturated heterocycles. The van der Waals surface area contributed by atoms with E-state index in [2.05, 4.69) is 41.8 Å². The van der Waals surface area contributed by atoms with Gasteiger partial charge in [-0.25, -0.2) is 4.98 Å². The minimum Gasteiger partial charge on any atom is -0.349 e. The predicted octanol–water partition coefficient (Wildman–Crippen LogP) is 3.47. The SMILES string of the molecule is CC(=O)N1CCN(c2nc3c(c(N4CCCC4c4cc(C)cc(C)c4)n2)CN(C(C)C)C3=O)CC1. The summed E-state index contributed by atoms with van der Waals surface area (Å²) in [5.74, 6) is 1.59. The summed E-state index contributed by atoms with van der Waals surface area (Å²) in [6, 6.07) is 7.11. The lowest BCUT2D eigenvalue weighted by Crippen LogP contribution is -2.48. The quantitative estimate of drug-likeness (QED) is 0.673. The van der Waals surface area contributed by atoms with Crippen LogP contribution >= 0.6 is 0 Å². The number of anilines is 2. The number of amides is 2. The first-order valence-corrected chi connectivity index (χ1v) is 12.8. The van der Waals surface area contributed by atoms with Crippen molar-refractivity contribution in [3.05, 3.63) is 46.1 Å². The van der Waals surface area contributed by atoms with E-state index in [0.717, 1.165) is 30.8 Å². The van der Waals surface area contributed by atoms with Crippen molar-refractivity contribution in [1.82, 2.24) is 19.8 Å². The molecule has 4 heterocycles. The predicted molar refractivity (Wildman–Crippen MR) is 137 cm³/mol. The van der Waals surface area contributed by atoms with Crippen molar-refractivity contribution >= 4 is 23.6 Å². The van der Waals surface area contributed by atoms with Crippen molar-refractivity contribution < 1.29 is 9.59 Å². The molecule has 5 rings (SSSR count). The Morgan fingerprint density at radius 3 is 2.31 bits per heavy atom. The van der Waals surface area contributed by atoms with E-state index in [1.807, 2.05) is 23.6 Å². The number of aryl methyl sites for hydroxylation is 2. The molecule has 8 heteroatoms. The van der Waals surface area contributed by atoms with Gasteiger partial charge in [-0.2, -0.15) is 4.98 Å². The number of nitrogens with zero attached hydrogens (tertiary/aromatic N) is 6. The highest BCUT2D eigenvalue weighted by molar-refractivity contribution is 5.98. The highest BCUT2D eigenvalue weighted by Gasteiger charge is 2.39. The van der Waals surface area contributed by atoms with Crippen LogP contribution in [0.4, 0.5) is 11.8 Å². The van der Waals surface area contributed by atoms with Crippen molar-refractivity contribution in [2.75, 3.05) is 42.5 Å². The molecule has 0 aliphatic carbocycles. The molecule has 2 amide bonds. The molecule has 0 spiro atoms. The second kappa shape index (κ2) is 9.13. The molecule has 0 N–H and O–H groups in total. The van der Waals surface area contributed by atoms with E-state index in [-0.39, 0.29) is 23.9 Å². The summed E-state index contributed by atoms with van der Waals surface area (Å²) >= 11 is 0. The Labute approximate surface area is 207 Å². The Morgan fingerprint density at radius 2 is 1.69 bits per heavy atom. The first-order valence-electron chi connectivity index (χ1n) is 12.8. The van der Waals surface area contributed by atoms with Gasteiger partial charge in [0.15, 0.2) is 0 Å². The largest absolute Gasteiger partial charge is 0.349 e. The van der Waals surface area contributed by atoms with Crippen LogP contribution in [0, 0.1) is 13.8 Å². The molecule has 1 aromatic carbocycles. The molecule has 35 heavy (non-hydrogen) atoms. The van der Waals surface area contributed by atoms with E-state index in [4.69, 9.17) is 9.97 Å². The van der Waals surface area contributed by atoms with Crippen LogP contribution in [0.5, 0.6) is 0 Å². The fourth-order valence-corrected chi connectivity index (χ4v) is 5.75. The van der Waals surface area contributed by atoms with Gasteiger partial charge in [-0.05, 0) is 46.1 Å². The number of aromatic nitrogens is 2. The van der Waals surface area contributed by atoms with E-state index in [9.17, 15) is 9.59 Å². The number of carbonyl (C=O) groups excluding carboxylic acids is 2. The Morgan fingerprint density at radius 1 is 1.00 bits per heavy atom. The molecule has 186 valence electrons. The Hall–Kier alpha value is -3.16. The Balaban J connectivity index is 1.55. The molecule has 2 fully saturated rings. The lowest BCUT2D eigenvalue weighted by atomic mass is 9.99. The first-order chi connectivity index (χ1) is 16.7. The van der Waals surface area contributed by atoms with E-state index in [0.29, 0.717) is 44.4 Å². The third-order valence-electron chi connectivity index (χ3n) is 7.55. The van der Waals surface area contributed by atoms with Gasteiger partial charge < -0.3 is 19.6 Å². The maximum absolute atomic E-state index is 13.4. The highest BCUT2D eigenvalue weighted by atomic mass is 16.2. The van der Waals surface area contributed by atoms with E-state index in [1.54, 1.807) is 6.92 Å². The summed E-state index contributed by atoms with van der Waals surface area (Å²) in [7, 11) is 0. The van der Waals surface area contributed by atoms with E-state index in [1.165, 1.54) is 16.7 Å². The Bertz CT molecular complexity index is 1130. The molecule has 0 bridgehead atoms. The van der Waals surface area contributed by atoms with Crippen molar-refractivity contribution in [2.24, 2.45) is 0 Å². The van der Waals surface area contributed by atoms with Crippen LogP contribution in [-0.2, 0) is 11.3 Å². The average molecular weight is 477 g/mol. The molecule has 3 aliphatic rings. The van der Waals surface area contributed by atoms with Crippen molar-refractivity contribution in [3.8, 4) is 0 Å². The van der Waals surface area contributed by atoms with Crippen LogP contribution in [-0.4, -0.2) is 70.3 Å². The molecule has 1 unspecified atom stereocenters. The van der Waals surface area contributed by atoms with Gasteiger partial charge in [0.05, 0.1) is 12.6 Å². The molecular weight excluding hydrogens is 440 g/mol. The fourth-order valence-electron chi connectivity index (χ4n) is 5.75. The summed E-state index contributed by atoms with van der Waals surface area (Å²) < 4.78 is 0. The highest BCUT2D eigenvalue weighted by Crippen LogP contribution is 2.41. The molecule has 1 aromatic heterocycles. The summed E-state index contributed by atoms with van der Waals surface area (Å²) in [5, 5.41) is 0. The van der Waals surface area contributed by atoms with Crippen LogP contribution in [0.3, 0.4) is 0 Å². The van der Waals surface area contributed by atoms with E-state index >= 15 is 0 Å². The molecule has 3 aliphatic heterocycles. The van der Waals surface area contributed by atoms with Gasteiger partial charge in [-0.15, -0.1) is 0 Å². The molecule has 2 aromatic rings. The zero-order chi connectivity index (χ0) is 24.9.